The first kappa shape index (κ1) is 12.0. The third kappa shape index (κ3) is 4.28. The second-order valence-electron chi connectivity index (χ2n) is 3.40. The summed E-state index contributed by atoms with van der Waals surface area (Å²) in [5, 5.41) is 3.36. The van der Waals surface area contributed by atoms with Gasteiger partial charge in [-0.25, -0.2) is 0 Å². The summed E-state index contributed by atoms with van der Waals surface area (Å²) < 4.78 is 5.15. The van der Waals surface area contributed by atoms with Crippen LogP contribution in [0.15, 0.2) is 36.4 Å². The summed E-state index contributed by atoms with van der Waals surface area (Å²) in [5.74, 6) is 0. The van der Waals surface area contributed by atoms with Crippen LogP contribution in [0.2, 0.25) is 0 Å². The van der Waals surface area contributed by atoms with Gasteiger partial charge in [-0.3, -0.25) is 0 Å². The molecule has 0 saturated carbocycles. The summed E-state index contributed by atoms with van der Waals surface area (Å²) in [5.41, 5.74) is 2.57. The lowest BCUT2D eigenvalue weighted by Crippen LogP contribution is -2.14. The minimum absolute atomic E-state index is 0.682. The van der Waals surface area contributed by atoms with Crippen molar-refractivity contribution in [3.05, 3.63) is 47.5 Å². The highest BCUT2D eigenvalue weighted by molar-refractivity contribution is 5.26. The van der Waals surface area contributed by atoms with Crippen molar-refractivity contribution in [2.45, 2.75) is 20.1 Å². The second-order valence-corrected chi connectivity index (χ2v) is 3.40. The van der Waals surface area contributed by atoms with Crippen LogP contribution in [0.4, 0.5) is 0 Å². The van der Waals surface area contributed by atoms with Gasteiger partial charge < -0.3 is 10.1 Å². The lowest BCUT2D eigenvalue weighted by atomic mass is 10.1. The smallest absolute Gasteiger partial charge is 0.0716 e. The molecule has 82 valence electrons. The standard InChI is InChI=1S/C13H19NO/c1-3-4-9-14-10-12-7-5-6-8-13(12)11-15-2/h3-8,14H,9-11H2,1-2H3/b4-3+. The van der Waals surface area contributed by atoms with Crippen LogP contribution in [0.1, 0.15) is 18.1 Å². The van der Waals surface area contributed by atoms with Crippen LogP contribution in [-0.2, 0) is 17.9 Å². The highest BCUT2D eigenvalue weighted by atomic mass is 16.5. The fourth-order valence-electron chi connectivity index (χ4n) is 1.43. The largest absolute Gasteiger partial charge is 0.380 e. The molecule has 0 aliphatic rings. The van der Waals surface area contributed by atoms with Gasteiger partial charge in [-0.15, -0.1) is 0 Å². The summed E-state index contributed by atoms with van der Waals surface area (Å²) in [6.45, 7) is 4.52. The number of allylic oxidation sites excluding steroid dienone is 1. The molecule has 0 spiro atoms. The fraction of sp³-hybridized carbons (Fsp3) is 0.385. The van der Waals surface area contributed by atoms with Crippen LogP contribution in [-0.4, -0.2) is 13.7 Å². The molecule has 0 amide bonds. The van der Waals surface area contributed by atoms with E-state index in [2.05, 4.69) is 29.6 Å². The summed E-state index contributed by atoms with van der Waals surface area (Å²) in [6.07, 6.45) is 4.16. The van der Waals surface area contributed by atoms with Crippen molar-refractivity contribution in [3.63, 3.8) is 0 Å². The first-order valence-corrected chi connectivity index (χ1v) is 5.26. The fourth-order valence-corrected chi connectivity index (χ4v) is 1.43. The van der Waals surface area contributed by atoms with Crippen LogP contribution in [0.25, 0.3) is 0 Å². The number of hydrogen-bond acceptors (Lipinski definition) is 2. The Morgan fingerprint density at radius 2 is 2.00 bits per heavy atom. The Hall–Kier alpha value is -1.12. The number of methoxy groups -OCH3 is 1. The van der Waals surface area contributed by atoms with Crippen LogP contribution >= 0.6 is 0 Å². The van der Waals surface area contributed by atoms with Gasteiger partial charge in [0, 0.05) is 20.2 Å². The number of ether oxygens (including phenoxy) is 1. The molecule has 0 atom stereocenters. The van der Waals surface area contributed by atoms with E-state index < -0.39 is 0 Å². The van der Waals surface area contributed by atoms with Crippen molar-refractivity contribution in [3.8, 4) is 0 Å². The van der Waals surface area contributed by atoms with Crippen molar-refractivity contribution in [2.24, 2.45) is 0 Å². The van der Waals surface area contributed by atoms with Gasteiger partial charge in [-0.2, -0.15) is 0 Å². The van der Waals surface area contributed by atoms with E-state index in [4.69, 9.17) is 4.74 Å². The molecule has 0 aliphatic carbocycles. The number of hydrogen-bond donors (Lipinski definition) is 1. The Morgan fingerprint density at radius 1 is 1.27 bits per heavy atom. The van der Waals surface area contributed by atoms with Gasteiger partial charge in [0.15, 0.2) is 0 Å². The summed E-state index contributed by atoms with van der Waals surface area (Å²) in [7, 11) is 1.73. The minimum atomic E-state index is 0.682. The van der Waals surface area contributed by atoms with E-state index in [9.17, 15) is 0 Å². The normalized spacial score (nSPS) is 11.1. The maximum atomic E-state index is 5.15. The zero-order valence-corrected chi connectivity index (χ0v) is 9.49. The zero-order valence-electron chi connectivity index (χ0n) is 9.49. The number of rotatable bonds is 6. The van der Waals surface area contributed by atoms with E-state index in [0.717, 1.165) is 13.1 Å². The van der Waals surface area contributed by atoms with Crippen LogP contribution in [0, 0.1) is 0 Å². The van der Waals surface area contributed by atoms with Gasteiger partial charge in [0.05, 0.1) is 6.61 Å². The molecule has 0 radical (unpaired) electrons. The molecular weight excluding hydrogens is 186 g/mol. The maximum absolute atomic E-state index is 5.15. The molecule has 0 unspecified atom stereocenters. The highest BCUT2D eigenvalue weighted by Gasteiger charge is 1.99. The first-order chi connectivity index (χ1) is 7.38. The molecule has 2 heteroatoms. The quantitative estimate of drug-likeness (QED) is 0.569. The predicted molar refractivity (Wildman–Crippen MR) is 63.7 cm³/mol. The first-order valence-electron chi connectivity index (χ1n) is 5.26. The number of benzene rings is 1. The van der Waals surface area contributed by atoms with Crippen molar-refractivity contribution < 1.29 is 4.74 Å². The summed E-state index contributed by atoms with van der Waals surface area (Å²) in [4.78, 5) is 0. The van der Waals surface area contributed by atoms with Gasteiger partial charge in [-0.05, 0) is 18.1 Å². The molecule has 0 aromatic heterocycles. The Labute approximate surface area is 92.0 Å². The number of nitrogens with one attached hydrogen (secondary N) is 1. The average molecular weight is 205 g/mol. The molecule has 1 N–H and O–H groups in total. The molecule has 0 bridgehead atoms. The van der Waals surface area contributed by atoms with Crippen LogP contribution in [0.3, 0.4) is 0 Å². The lowest BCUT2D eigenvalue weighted by molar-refractivity contribution is 0.184. The van der Waals surface area contributed by atoms with Gasteiger partial charge in [0.25, 0.3) is 0 Å². The Kier molecular flexibility index (Phi) is 5.74. The van der Waals surface area contributed by atoms with E-state index in [-0.39, 0.29) is 0 Å². The monoisotopic (exact) mass is 205 g/mol. The molecular formula is C13H19NO. The molecule has 1 aromatic rings. The van der Waals surface area contributed by atoms with E-state index in [1.54, 1.807) is 7.11 Å². The molecule has 0 fully saturated rings. The molecule has 15 heavy (non-hydrogen) atoms. The molecule has 0 saturated heterocycles. The topological polar surface area (TPSA) is 21.3 Å². The average Bonchev–Trinajstić information content (AvgIpc) is 2.27. The van der Waals surface area contributed by atoms with E-state index >= 15 is 0 Å². The Bertz CT molecular complexity index is 307. The van der Waals surface area contributed by atoms with Crippen LogP contribution < -0.4 is 5.32 Å². The van der Waals surface area contributed by atoms with E-state index in [1.165, 1.54) is 11.1 Å². The maximum Gasteiger partial charge on any atom is 0.0716 e. The third-order valence-electron chi connectivity index (χ3n) is 2.23. The molecule has 1 rings (SSSR count). The van der Waals surface area contributed by atoms with Gasteiger partial charge in [0.1, 0.15) is 0 Å². The van der Waals surface area contributed by atoms with E-state index in [0.29, 0.717) is 6.61 Å². The van der Waals surface area contributed by atoms with E-state index in [1.807, 2.05) is 19.1 Å². The molecule has 0 heterocycles. The van der Waals surface area contributed by atoms with Gasteiger partial charge in [0.2, 0.25) is 0 Å². The van der Waals surface area contributed by atoms with Crippen molar-refractivity contribution in [1.29, 1.82) is 0 Å². The zero-order chi connectivity index (χ0) is 10.9. The minimum Gasteiger partial charge on any atom is -0.380 e. The SMILES string of the molecule is C/C=C/CNCc1ccccc1COC. The van der Waals surface area contributed by atoms with Crippen LogP contribution in [0.5, 0.6) is 0 Å². The highest BCUT2D eigenvalue weighted by Crippen LogP contribution is 2.09. The van der Waals surface area contributed by atoms with Crippen molar-refractivity contribution >= 4 is 0 Å². The Balaban J connectivity index is 2.51. The van der Waals surface area contributed by atoms with Crippen molar-refractivity contribution in [2.75, 3.05) is 13.7 Å². The van der Waals surface area contributed by atoms with Gasteiger partial charge >= 0.3 is 0 Å². The molecule has 1 aromatic carbocycles. The predicted octanol–water partition coefficient (Wildman–Crippen LogP) is 2.50. The Morgan fingerprint density at radius 3 is 2.67 bits per heavy atom. The van der Waals surface area contributed by atoms with Crippen molar-refractivity contribution in [1.82, 2.24) is 5.32 Å². The van der Waals surface area contributed by atoms with Gasteiger partial charge in [-0.1, -0.05) is 36.4 Å². The lowest BCUT2D eigenvalue weighted by Gasteiger charge is -2.08. The second kappa shape index (κ2) is 7.21. The third-order valence-corrected chi connectivity index (χ3v) is 2.23. The summed E-state index contributed by atoms with van der Waals surface area (Å²) in [6, 6.07) is 8.35. The molecule has 0 aliphatic heterocycles. The molecule has 2 nitrogen and oxygen atoms in total. The summed E-state index contributed by atoms with van der Waals surface area (Å²) >= 11 is 0.